The summed E-state index contributed by atoms with van der Waals surface area (Å²) in [6.45, 7) is 0.634. The van der Waals surface area contributed by atoms with Crippen LogP contribution < -0.4 is 5.32 Å². The SMILES string of the molecule is O=S(=O)(O)CCCN[C@H]1C=CCCC1. The van der Waals surface area contributed by atoms with Gasteiger partial charge in [-0.25, -0.2) is 0 Å². The highest BCUT2D eigenvalue weighted by Gasteiger charge is 2.08. The first-order valence-electron chi connectivity index (χ1n) is 4.93. The Labute approximate surface area is 85.1 Å². The molecule has 0 bridgehead atoms. The van der Waals surface area contributed by atoms with Crippen molar-refractivity contribution in [2.75, 3.05) is 12.3 Å². The minimum Gasteiger partial charge on any atom is -0.310 e. The zero-order valence-corrected chi connectivity index (χ0v) is 8.96. The van der Waals surface area contributed by atoms with Crippen molar-refractivity contribution >= 4 is 10.1 Å². The van der Waals surface area contributed by atoms with Gasteiger partial charge in [0.2, 0.25) is 0 Å². The summed E-state index contributed by atoms with van der Waals surface area (Å²) in [5, 5.41) is 3.23. The molecule has 0 spiro atoms. The van der Waals surface area contributed by atoms with E-state index in [1.54, 1.807) is 0 Å². The first kappa shape index (κ1) is 11.7. The molecular weight excluding hydrogens is 202 g/mol. The lowest BCUT2D eigenvalue weighted by atomic mass is 10.0. The van der Waals surface area contributed by atoms with Crippen LogP contribution in [0.15, 0.2) is 12.2 Å². The van der Waals surface area contributed by atoms with E-state index < -0.39 is 10.1 Å². The Bertz CT molecular complexity index is 284. The van der Waals surface area contributed by atoms with Gasteiger partial charge in [-0.3, -0.25) is 4.55 Å². The third-order valence-corrected chi connectivity index (χ3v) is 3.04. The molecule has 0 aromatic heterocycles. The number of allylic oxidation sites excluding steroid dienone is 1. The van der Waals surface area contributed by atoms with Crippen LogP contribution in [-0.2, 0) is 10.1 Å². The maximum absolute atomic E-state index is 10.4. The van der Waals surface area contributed by atoms with Gasteiger partial charge in [0.25, 0.3) is 10.1 Å². The van der Waals surface area contributed by atoms with Gasteiger partial charge in [0.15, 0.2) is 0 Å². The highest BCUT2D eigenvalue weighted by molar-refractivity contribution is 7.85. The summed E-state index contributed by atoms with van der Waals surface area (Å²) < 4.78 is 29.3. The summed E-state index contributed by atoms with van der Waals surface area (Å²) in [6, 6.07) is 0.380. The van der Waals surface area contributed by atoms with E-state index in [1.807, 2.05) is 0 Å². The maximum atomic E-state index is 10.4. The molecule has 0 radical (unpaired) electrons. The van der Waals surface area contributed by atoms with Crippen LogP contribution in [0.3, 0.4) is 0 Å². The van der Waals surface area contributed by atoms with Crippen LogP contribution in [0.1, 0.15) is 25.7 Å². The Morgan fingerprint density at radius 3 is 2.86 bits per heavy atom. The molecule has 0 aliphatic heterocycles. The molecule has 0 aromatic carbocycles. The van der Waals surface area contributed by atoms with Crippen molar-refractivity contribution in [1.29, 1.82) is 0 Å². The Hall–Kier alpha value is -0.390. The lowest BCUT2D eigenvalue weighted by Gasteiger charge is -2.17. The minimum absolute atomic E-state index is 0.156. The van der Waals surface area contributed by atoms with E-state index in [9.17, 15) is 8.42 Å². The van der Waals surface area contributed by atoms with Gasteiger partial charge in [-0.2, -0.15) is 8.42 Å². The zero-order chi connectivity index (χ0) is 10.4. The van der Waals surface area contributed by atoms with Gasteiger partial charge in [0, 0.05) is 6.04 Å². The highest BCUT2D eigenvalue weighted by atomic mass is 32.2. The predicted octanol–water partition coefficient (Wildman–Crippen LogP) is 0.963. The Balaban J connectivity index is 2.09. The number of hydrogen-bond acceptors (Lipinski definition) is 3. The topological polar surface area (TPSA) is 66.4 Å². The van der Waals surface area contributed by atoms with Crippen molar-refractivity contribution in [2.45, 2.75) is 31.7 Å². The second-order valence-electron chi connectivity index (χ2n) is 3.56. The van der Waals surface area contributed by atoms with Gasteiger partial charge in [-0.05, 0) is 32.2 Å². The van der Waals surface area contributed by atoms with Gasteiger partial charge in [0.1, 0.15) is 0 Å². The fourth-order valence-corrected chi connectivity index (χ4v) is 2.03. The fraction of sp³-hybridized carbons (Fsp3) is 0.778. The molecule has 0 amide bonds. The first-order valence-corrected chi connectivity index (χ1v) is 6.54. The summed E-state index contributed by atoms with van der Waals surface area (Å²) in [5.74, 6) is -0.156. The van der Waals surface area contributed by atoms with Crippen molar-refractivity contribution < 1.29 is 13.0 Å². The number of hydrogen-bond donors (Lipinski definition) is 2. The molecule has 0 aromatic rings. The molecule has 0 saturated heterocycles. The Morgan fingerprint density at radius 2 is 2.29 bits per heavy atom. The lowest BCUT2D eigenvalue weighted by molar-refractivity contribution is 0.475. The predicted molar refractivity (Wildman–Crippen MR) is 55.8 cm³/mol. The van der Waals surface area contributed by atoms with Crippen LogP contribution in [-0.4, -0.2) is 31.3 Å². The van der Waals surface area contributed by atoms with E-state index in [0.717, 1.165) is 12.8 Å². The smallest absolute Gasteiger partial charge is 0.264 e. The van der Waals surface area contributed by atoms with Crippen LogP contribution in [0.5, 0.6) is 0 Å². The molecule has 1 aliphatic rings. The second kappa shape index (κ2) is 5.48. The van der Waals surface area contributed by atoms with E-state index in [-0.39, 0.29) is 5.75 Å². The van der Waals surface area contributed by atoms with E-state index in [4.69, 9.17) is 4.55 Å². The van der Waals surface area contributed by atoms with Crippen LogP contribution in [0, 0.1) is 0 Å². The van der Waals surface area contributed by atoms with Gasteiger partial charge in [-0.1, -0.05) is 12.2 Å². The molecule has 0 unspecified atom stereocenters. The van der Waals surface area contributed by atoms with Gasteiger partial charge in [0.05, 0.1) is 5.75 Å². The van der Waals surface area contributed by atoms with Crippen molar-refractivity contribution in [3.63, 3.8) is 0 Å². The van der Waals surface area contributed by atoms with E-state index >= 15 is 0 Å². The lowest BCUT2D eigenvalue weighted by Crippen LogP contribution is -2.30. The molecule has 0 heterocycles. The molecule has 1 atom stereocenters. The Kier molecular flexibility index (Phi) is 4.57. The standard InChI is InChI=1S/C9H17NO3S/c11-14(12,13)8-4-7-10-9-5-2-1-3-6-9/h2,5,9-10H,1,3-4,6-8H2,(H,11,12,13)/t9-/m0/s1. The van der Waals surface area contributed by atoms with Gasteiger partial charge < -0.3 is 5.32 Å². The summed E-state index contributed by atoms with van der Waals surface area (Å²) in [6.07, 6.45) is 8.17. The summed E-state index contributed by atoms with van der Waals surface area (Å²) >= 11 is 0. The van der Waals surface area contributed by atoms with Crippen molar-refractivity contribution in [2.24, 2.45) is 0 Å². The van der Waals surface area contributed by atoms with Crippen LogP contribution in [0.4, 0.5) is 0 Å². The number of rotatable bonds is 5. The van der Waals surface area contributed by atoms with Crippen molar-refractivity contribution in [1.82, 2.24) is 5.32 Å². The molecule has 5 heteroatoms. The molecule has 4 nitrogen and oxygen atoms in total. The minimum atomic E-state index is -3.79. The zero-order valence-electron chi connectivity index (χ0n) is 8.15. The summed E-state index contributed by atoms with van der Waals surface area (Å²) in [4.78, 5) is 0. The molecule has 0 fully saturated rings. The monoisotopic (exact) mass is 219 g/mol. The van der Waals surface area contributed by atoms with Crippen LogP contribution in [0.25, 0.3) is 0 Å². The van der Waals surface area contributed by atoms with Gasteiger partial charge >= 0.3 is 0 Å². The molecule has 1 aliphatic carbocycles. The van der Waals surface area contributed by atoms with Crippen LogP contribution >= 0.6 is 0 Å². The normalized spacial score (nSPS) is 22.5. The molecule has 14 heavy (non-hydrogen) atoms. The second-order valence-corrected chi connectivity index (χ2v) is 5.13. The number of nitrogens with one attached hydrogen (secondary N) is 1. The van der Waals surface area contributed by atoms with Crippen molar-refractivity contribution in [3.8, 4) is 0 Å². The third-order valence-electron chi connectivity index (χ3n) is 2.24. The van der Waals surface area contributed by atoms with E-state index in [2.05, 4.69) is 17.5 Å². The fourth-order valence-electron chi connectivity index (χ4n) is 1.52. The summed E-state index contributed by atoms with van der Waals surface area (Å²) in [5.41, 5.74) is 0. The van der Waals surface area contributed by atoms with Crippen molar-refractivity contribution in [3.05, 3.63) is 12.2 Å². The third kappa shape index (κ3) is 5.36. The quantitative estimate of drug-likeness (QED) is 0.410. The molecule has 2 N–H and O–H groups in total. The summed E-state index contributed by atoms with van der Waals surface area (Å²) in [7, 11) is -3.79. The molecule has 0 saturated carbocycles. The largest absolute Gasteiger partial charge is 0.310 e. The van der Waals surface area contributed by atoms with E-state index in [0.29, 0.717) is 19.0 Å². The molecule has 1 rings (SSSR count). The van der Waals surface area contributed by atoms with Crippen LogP contribution in [0.2, 0.25) is 0 Å². The maximum Gasteiger partial charge on any atom is 0.264 e. The molecule has 82 valence electrons. The average Bonchev–Trinajstić information content (AvgIpc) is 2.13. The average molecular weight is 219 g/mol. The highest BCUT2D eigenvalue weighted by Crippen LogP contribution is 2.09. The Morgan fingerprint density at radius 1 is 1.50 bits per heavy atom. The molecular formula is C9H17NO3S. The first-order chi connectivity index (χ1) is 6.58. The van der Waals surface area contributed by atoms with E-state index in [1.165, 1.54) is 6.42 Å². The van der Waals surface area contributed by atoms with Gasteiger partial charge in [-0.15, -0.1) is 0 Å².